The lowest BCUT2D eigenvalue weighted by Gasteiger charge is -2.26. The molecular formula is C16H20BrNO2. The minimum atomic E-state index is -0.326. The Bertz CT molecular complexity index is 495. The van der Waals surface area contributed by atoms with Crippen LogP contribution in [0, 0.1) is 5.92 Å². The van der Waals surface area contributed by atoms with Crippen LogP contribution in [0.25, 0.3) is 4.48 Å². The maximum atomic E-state index is 11.5. The van der Waals surface area contributed by atoms with E-state index in [1.165, 1.54) is 25.3 Å². The normalized spacial score (nSPS) is 15.6. The third-order valence-electron chi connectivity index (χ3n) is 3.52. The second-order valence-corrected chi connectivity index (χ2v) is 5.82. The van der Waals surface area contributed by atoms with E-state index in [2.05, 4.69) is 21.2 Å². The number of carbonyl (C=O) groups is 1. The summed E-state index contributed by atoms with van der Waals surface area (Å²) in [5.74, 6) is 0.462. The first-order valence-electron chi connectivity index (χ1n) is 7.08. The largest absolute Gasteiger partial charge is 0.463 e. The van der Waals surface area contributed by atoms with Gasteiger partial charge in [0.25, 0.3) is 0 Å². The van der Waals surface area contributed by atoms with Crippen LogP contribution in [0.15, 0.2) is 30.3 Å². The summed E-state index contributed by atoms with van der Waals surface area (Å²) >= 11 is 3.47. The number of ether oxygens (including phenoxy) is 1. The van der Waals surface area contributed by atoms with E-state index in [0.717, 1.165) is 28.2 Å². The third kappa shape index (κ3) is 4.10. The molecule has 0 aliphatic heterocycles. The average Bonchev–Trinajstić information content (AvgIpc) is 2.37. The van der Waals surface area contributed by atoms with Crippen LogP contribution in [0.3, 0.4) is 0 Å². The van der Waals surface area contributed by atoms with Crippen LogP contribution in [-0.2, 0) is 9.53 Å². The van der Waals surface area contributed by atoms with E-state index in [0.29, 0.717) is 6.61 Å². The van der Waals surface area contributed by atoms with Gasteiger partial charge in [-0.05, 0) is 47.7 Å². The molecule has 1 aromatic carbocycles. The van der Waals surface area contributed by atoms with Crippen molar-refractivity contribution in [3.8, 4) is 0 Å². The van der Waals surface area contributed by atoms with E-state index >= 15 is 0 Å². The molecule has 0 unspecified atom stereocenters. The van der Waals surface area contributed by atoms with Gasteiger partial charge in [-0.25, -0.2) is 4.79 Å². The first-order chi connectivity index (χ1) is 9.70. The lowest BCUT2D eigenvalue weighted by Crippen LogP contribution is -2.21. The van der Waals surface area contributed by atoms with Crippen LogP contribution >= 0.6 is 15.9 Å². The van der Waals surface area contributed by atoms with Gasteiger partial charge in [0.05, 0.1) is 6.61 Å². The van der Waals surface area contributed by atoms with E-state index in [1.54, 1.807) is 6.92 Å². The SMILES string of the molecule is CCOC(=O)C=C(Br)c1ccccc1NCC1CCC1. The van der Waals surface area contributed by atoms with Gasteiger partial charge in [-0.3, -0.25) is 0 Å². The van der Waals surface area contributed by atoms with E-state index < -0.39 is 0 Å². The molecular weight excluding hydrogens is 318 g/mol. The van der Waals surface area contributed by atoms with Gasteiger partial charge in [-0.15, -0.1) is 0 Å². The average molecular weight is 338 g/mol. The standard InChI is InChI=1S/C16H20BrNO2/c1-2-20-16(19)10-14(17)13-8-3-4-9-15(13)18-11-12-6-5-7-12/h3-4,8-10,12,18H,2,5-7,11H2,1H3. The Labute approximate surface area is 128 Å². The van der Waals surface area contributed by atoms with Gasteiger partial charge >= 0.3 is 5.97 Å². The molecule has 0 amide bonds. The number of carbonyl (C=O) groups excluding carboxylic acids is 1. The van der Waals surface area contributed by atoms with E-state index in [-0.39, 0.29) is 5.97 Å². The van der Waals surface area contributed by atoms with Gasteiger partial charge in [-0.1, -0.05) is 24.6 Å². The molecule has 0 spiro atoms. The van der Waals surface area contributed by atoms with Gasteiger partial charge in [0, 0.05) is 28.4 Å². The summed E-state index contributed by atoms with van der Waals surface area (Å²) in [5, 5.41) is 3.48. The Balaban J connectivity index is 2.07. The minimum Gasteiger partial charge on any atom is -0.463 e. The van der Waals surface area contributed by atoms with Crippen molar-refractivity contribution in [3.63, 3.8) is 0 Å². The number of hydrogen-bond donors (Lipinski definition) is 1. The Kier molecular flexibility index (Phi) is 5.65. The maximum Gasteiger partial charge on any atom is 0.331 e. The highest BCUT2D eigenvalue weighted by Crippen LogP contribution is 2.31. The number of hydrogen-bond acceptors (Lipinski definition) is 3. The smallest absolute Gasteiger partial charge is 0.331 e. The van der Waals surface area contributed by atoms with Crippen LogP contribution in [0.4, 0.5) is 5.69 Å². The fraction of sp³-hybridized carbons (Fsp3) is 0.438. The fourth-order valence-corrected chi connectivity index (χ4v) is 2.69. The predicted octanol–water partition coefficient (Wildman–Crippen LogP) is 4.20. The Morgan fingerprint density at radius 1 is 1.45 bits per heavy atom. The van der Waals surface area contributed by atoms with Crippen molar-refractivity contribution in [2.24, 2.45) is 5.92 Å². The molecule has 3 nitrogen and oxygen atoms in total. The molecule has 0 radical (unpaired) electrons. The summed E-state index contributed by atoms with van der Waals surface area (Å²) in [5.41, 5.74) is 2.03. The van der Waals surface area contributed by atoms with Crippen molar-refractivity contribution in [1.29, 1.82) is 0 Å². The van der Waals surface area contributed by atoms with Gasteiger partial charge < -0.3 is 10.1 Å². The van der Waals surface area contributed by atoms with Gasteiger partial charge in [-0.2, -0.15) is 0 Å². The van der Waals surface area contributed by atoms with Crippen molar-refractivity contribution < 1.29 is 9.53 Å². The molecule has 0 saturated heterocycles. The molecule has 0 aromatic heterocycles. The molecule has 1 N–H and O–H groups in total. The van der Waals surface area contributed by atoms with Crippen molar-refractivity contribution >= 4 is 32.1 Å². The number of nitrogens with one attached hydrogen (secondary N) is 1. The van der Waals surface area contributed by atoms with Crippen LogP contribution in [0.1, 0.15) is 31.7 Å². The van der Waals surface area contributed by atoms with Crippen LogP contribution < -0.4 is 5.32 Å². The number of esters is 1. The highest BCUT2D eigenvalue weighted by molar-refractivity contribution is 9.15. The van der Waals surface area contributed by atoms with Crippen LogP contribution in [0.5, 0.6) is 0 Å². The van der Waals surface area contributed by atoms with E-state index in [9.17, 15) is 4.79 Å². The predicted molar refractivity (Wildman–Crippen MR) is 85.8 cm³/mol. The monoisotopic (exact) mass is 337 g/mol. The number of para-hydroxylation sites is 1. The zero-order chi connectivity index (χ0) is 14.4. The lowest BCUT2D eigenvalue weighted by molar-refractivity contribution is -0.137. The van der Waals surface area contributed by atoms with Gasteiger partial charge in [0.15, 0.2) is 0 Å². The van der Waals surface area contributed by atoms with Crippen molar-refractivity contribution in [3.05, 3.63) is 35.9 Å². The second-order valence-electron chi connectivity index (χ2n) is 4.97. The molecule has 108 valence electrons. The second kappa shape index (κ2) is 7.48. The summed E-state index contributed by atoms with van der Waals surface area (Å²) in [4.78, 5) is 11.5. The molecule has 1 saturated carbocycles. The topological polar surface area (TPSA) is 38.3 Å². The molecule has 1 fully saturated rings. The van der Waals surface area contributed by atoms with Crippen LogP contribution in [-0.4, -0.2) is 19.1 Å². The molecule has 0 atom stereocenters. The third-order valence-corrected chi connectivity index (χ3v) is 4.18. The van der Waals surface area contributed by atoms with E-state index in [1.807, 2.05) is 24.3 Å². The molecule has 1 aliphatic rings. The molecule has 0 heterocycles. The minimum absolute atomic E-state index is 0.326. The quantitative estimate of drug-likeness (QED) is 0.624. The highest BCUT2D eigenvalue weighted by Gasteiger charge is 2.17. The maximum absolute atomic E-state index is 11.5. The summed E-state index contributed by atoms with van der Waals surface area (Å²) in [6.45, 7) is 3.18. The zero-order valence-electron chi connectivity index (χ0n) is 11.7. The number of halogens is 1. The summed E-state index contributed by atoms with van der Waals surface area (Å²) in [6.07, 6.45) is 5.46. The molecule has 1 aliphatic carbocycles. The number of rotatable bonds is 6. The Morgan fingerprint density at radius 3 is 2.85 bits per heavy atom. The fourth-order valence-electron chi connectivity index (χ4n) is 2.16. The summed E-state index contributed by atoms with van der Waals surface area (Å²) < 4.78 is 5.68. The van der Waals surface area contributed by atoms with Crippen molar-refractivity contribution in [1.82, 2.24) is 0 Å². The summed E-state index contributed by atoms with van der Waals surface area (Å²) in [7, 11) is 0. The van der Waals surface area contributed by atoms with Gasteiger partial charge in [0.2, 0.25) is 0 Å². The van der Waals surface area contributed by atoms with E-state index in [4.69, 9.17) is 4.74 Å². The molecule has 4 heteroatoms. The zero-order valence-corrected chi connectivity index (χ0v) is 13.3. The molecule has 2 rings (SSSR count). The first-order valence-corrected chi connectivity index (χ1v) is 7.87. The van der Waals surface area contributed by atoms with Gasteiger partial charge in [0.1, 0.15) is 0 Å². The molecule has 1 aromatic rings. The summed E-state index contributed by atoms with van der Waals surface area (Å²) in [6, 6.07) is 7.98. The first kappa shape index (κ1) is 15.1. The number of benzene rings is 1. The molecule has 0 bridgehead atoms. The molecule has 20 heavy (non-hydrogen) atoms. The van der Waals surface area contributed by atoms with Crippen molar-refractivity contribution in [2.75, 3.05) is 18.5 Å². The Morgan fingerprint density at radius 2 is 2.20 bits per heavy atom. The highest BCUT2D eigenvalue weighted by atomic mass is 79.9. The lowest BCUT2D eigenvalue weighted by atomic mass is 9.85. The Hall–Kier alpha value is -1.29. The van der Waals surface area contributed by atoms with Crippen molar-refractivity contribution in [2.45, 2.75) is 26.2 Å². The van der Waals surface area contributed by atoms with Crippen LogP contribution in [0.2, 0.25) is 0 Å². The number of anilines is 1.